The first-order chi connectivity index (χ1) is 14.6. The number of thioether (sulfide) groups is 1. The summed E-state index contributed by atoms with van der Waals surface area (Å²) in [5.74, 6) is -0.659. The van der Waals surface area contributed by atoms with Crippen LogP contribution in [0.5, 0.6) is 0 Å². The standard InChI is InChI=1S/C22H18FN3O2S2/c1-2-26-21(28)20-19(17(12-29-20)14-7-4-3-5-8-14)25-22(26)30-13-18(27)24-16-10-6-9-15(23)11-16/h3-12H,2,13H2,1H3,(H,24,27). The zero-order valence-electron chi connectivity index (χ0n) is 16.1. The Labute approximate surface area is 180 Å². The third-order valence-corrected chi connectivity index (χ3v) is 6.42. The minimum Gasteiger partial charge on any atom is -0.325 e. The maximum absolute atomic E-state index is 13.3. The quantitative estimate of drug-likeness (QED) is 0.339. The van der Waals surface area contributed by atoms with Crippen molar-refractivity contribution < 1.29 is 9.18 Å². The molecule has 2 aromatic carbocycles. The molecule has 0 aliphatic rings. The Morgan fingerprint density at radius 3 is 2.73 bits per heavy atom. The molecule has 0 bridgehead atoms. The smallest absolute Gasteiger partial charge is 0.272 e. The Morgan fingerprint density at radius 2 is 2.00 bits per heavy atom. The topological polar surface area (TPSA) is 64.0 Å². The molecule has 0 radical (unpaired) electrons. The molecule has 0 unspecified atom stereocenters. The van der Waals surface area contributed by atoms with Gasteiger partial charge in [0.05, 0.1) is 11.3 Å². The molecule has 30 heavy (non-hydrogen) atoms. The Balaban J connectivity index is 1.63. The fourth-order valence-electron chi connectivity index (χ4n) is 3.08. The van der Waals surface area contributed by atoms with E-state index >= 15 is 0 Å². The van der Waals surface area contributed by atoms with Crippen molar-refractivity contribution in [3.8, 4) is 11.1 Å². The molecule has 2 heterocycles. The van der Waals surface area contributed by atoms with Gasteiger partial charge >= 0.3 is 0 Å². The number of benzene rings is 2. The molecule has 4 rings (SSSR count). The lowest BCUT2D eigenvalue weighted by Crippen LogP contribution is -2.22. The van der Waals surface area contributed by atoms with Gasteiger partial charge in [0.25, 0.3) is 5.56 Å². The highest BCUT2D eigenvalue weighted by Crippen LogP contribution is 2.32. The minimum absolute atomic E-state index is 0.0548. The lowest BCUT2D eigenvalue weighted by Gasteiger charge is -2.11. The molecule has 1 N–H and O–H groups in total. The number of rotatable bonds is 6. The van der Waals surface area contributed by atoms with Crippen molar-refractivity contribution in [2.75, 3.05) is 11.1 Å². The van der Waals surface area contributed by atoms with Gasteiger partial charge in [-0.25, -0.2) is 9.37 Å². The van der Waals surface area contributed by atoms with Gasteiger partial charge in [0.2, 0.25) is 5.91 Å². The van der Waals surface area contributed by atoms with E-state index in [0.717, 1.165) is 11.1 Å². The molecule has 0 aliphatic carbocycles. The second kappa shape index (κ2) is 8.81. The van der Waals surface area contributed by atoms with Crippen molar-refractivity contribution in [1.29, 1.82) is 0 Å². The number of amides is 1. The first-order valence-corrected chi connectivity index (χ1v) is 11.2. The number of carbonyl (C=O) groups excluding carboxylic acids is 1. The molecule has 0 saturated heterocycles. The lowest BCUT2D eigenvalue weighted by atomic mass is 10.1. The summed E-state index contributed by atoms with van der Waals surface area (Å²) in [6.07, 6.45) is 0. The molecule has 5 nitrogen and oxygen atoms in total. The van der Waals surface area contributed by atoms with E-state index in [9.17, 15) is 14.0 Å². The van der Waals surface area contributed by atoms with Crippen LogP contribution in [0.4, 0.5) is 10.1 Å². The lowest BCUT2D eigenvalue weighted by molar-refractivity contribution is -0.113. The number of carbonyl (C=O) groups is 1. The normalized spacial score (nSPS) is 11.0. The zero-order chi connectivity index (χ0) is 21.1. The van der Waals surface area contributed by atoms with Crippen LogP contribution in [-0.4, -0.2) is 21.2 Å². The zero-order valence-corrected chi connectivity index (χ0v) is 17.7. The molecule has 4 aromatic rings. The van der Waals surface area contributed by atoms with Gasteiger partial charge in [-0.05, 0) is 30.7 Å². The second-order valence-electron chi connectivity index (χ2n) is 6.48. The largest absolute Gasteiger partial charge is 0.325 e. The third kappa shape index (κ3) is 4.15. The van der Waals surface area contributed by atoms with Crippen LogP contribution < -0.4 is 10.9 Å². The van der Waals surface area contributed by atoms with Crippen LogP contribution in [0.3, 0.4) is 0 Å². The van der Waals surface area contributed by atoms with Crippen molar-refractivity contribution in [3.05, 3.63) is 76.1 Å². The number of thiophene rings is 1. The van der Waals surface area contributed by atoms with Crippen LogP contribution in [0.2, 0.25) is 0 Å². The third-order valence-electron chi connectivity index (χ3n) is 4.48. The molecular formula is C22H18FN3O2S2. The maximum Gasteiger partial charge on any atom is 0.272 e. The van der Waals surface area contributed by atoms with E-state index < -0.39 is 5.82 Å². The van der Waals surface area contributed by atoms with Crippen molar-refractivity contribution in [1.82, 2.24) is 9.55 Å². The van der Waals surface area contributed by atoms with Crippen molar-refractivity contribution in [3.63, 3.8) is 0 Å². The molecular weight excluding hydrogens is 421 g/mol. The number of hydrogen-bond acceptors (Lipinski definition) is 5. The average molecular weight is 440 g/mol. The van der Waals surface area contributed by atoms with Crippen molar-refractivity contribution >= 4 is 44.9 Å². The highest BCUT2D eigenvalue weighted by atomic mass is 32.2. The summed E-state index contributed by atoms with van der Waals surface area (Å²) >= 11 is 2.57. The summed E-state index contributed by atoms with van der Waals surface area (Å²) in [6, 6.07) is 15.5. The summed E-state index contributed by atoms with van der Waals surface area (Å²) in [6.45, 7) is 2.33. The average Bonchev–Trinajstić information content (AvgIpc) is 3.17. The molecule has 0 aliphatic heterocycles. The first kappa shape index (κ1) is 20.3. The number of nitrogens with zero attached hydrogens (tertiary/aromatic N) is 2. The number of anilines is 1. The monoisotopic (exact) mass is 439 g/mol. The first-order valence-electron chi connectivity index (χ1n) is 9.32. The predicted octanol–water partition coefficient (Wildman–Crippen LogP) is 5.01. The van der Waals surface area contributed by atoms with Gasteiger partial charge < -0.3 is 5.32 Å². The summed E-state index contributed by atoms with van der Waals surface area (Å²) in [5, 5.41) is 5.09. The van der Waals surface area contributed by atoms with Gasteiger partial charge in [-0.2, -0.15) is 0 Å². The second-order valence-corrected chi connectivity index (χ2v) is 8.31. The van der Waals surface area contributed by atoms with Crippen molar-refractivity contribution in [2.45, 2.75) is 18.6 Å². The molecule has 1 amide bonds. The van der Waals surface area contributed by atoms with Crippen LogP contribution in [0.1, 0.15) is 6.92 Å². The maximum atomic E-state index is 13.3. The van der Waals surface area contributed by atoms with E-state index in [4.69, 9.17) is 4.98 Å². The molecule has 0 fully saturated rings. The Kier molecular flexibility index (Phi) is 5.96. The van der Waals surface area contributed by atoms with E-state index in [1.54, 1.807) is 10.6 Å². The van der Waals surface area contributed by atoms with Crippen LogP contribution in [0, 0.1) is 5.82 Å². The number of nitrogens with one attached hydrogen (secondary N) is 1. The van der Waals surface area contributed by atoms with Gasteiger partial charge in [0, 0.05) is 23.2 Å². The Bertz CT molecular complexity index is 1270. The van der Waals surface area contributed by atoms with Gasteiger partial charge in [-0.3, -0.25) is 14.2 Å². The molecule has 152 valence electrons. The Morgan fingerprint density at radius 1 is 1.20 bits per heavy atom. The van der Waals surface area contributed by atoms with Gasteiger partial charge in [-0.15, -0.1) is 11.3 Å². The summed E-state index contributed by atoms with van der Waals surface area (Å²) < 4.78 is 15.5. The summed E-state index contributed by atoms with van der Waals surface area (Å²) in [4.78, 5) is 30.0. The molecule has 2 aromatic heterocycles. The molecule has 0 saturated carbocycles. The van der Waals surface area contributed by atoms with E-state index in [0.29, 0.717) is 27.6 Å². The summed E-state index contributed by atoms with van der Waals surface area (Å²) in [5.41, 5.74) is 2.82. The predicted molar refractivity (Wildman–Crippen MR) is 121 cm³/mol. The Hall–Kier alpha value is -2.97. The van der Waals surface area contributed by atoms with Crippen LogP contribution in [0.25, 0.3) is 21.3 Å². The molecule has 0 spiro atoms. The number of halogens is 1. The van der Waals surface area contributed by atoms with Crippen LogP contribution in [0.15, 0.2) is 69.9 Å². The van der Waals surface area contributed by atoms with Crippen LogP contribution in [-0.2, 0) is 11.3 Å². The van der Waals surface area contributed by atoms with E-state index in [-0.39, 0.29) is 17.2 Å². The van der Waals surface area contributed by atoms with E-state index in [1.807, 2.05) is 42.6 Å². The fraction of sp³-hybridized carbons (Fsp3) is 0.136. The highest BCUT2D eigenvalue weighted by Gasteiger charge is 2.17. The van der Waals surface area contributed by atoms with E-state index in [2.05, 4.69) is 5.32 Å². The fourth-order valence-corrected chi connectivity index (χ4v) is 4.90. The summed E-state index contributed by atoms with van der Waals surface area (Å²) in [7, 11) is 0. The number of aromatic nitrogens is 2. The SMILES string of the molecule is CCn1c(SCC(=O)Nc2cccc(F)c2)nc2c(-c3ccccc3)csc2c1=O. The number of fused-ring (bicyclic) bond motifs is 1. The van der Waals surface area contributed by atoms with Gasteiger partial charge in [0.1, 0.15) is 10.5 Å². The van der Waals surface area contributed by atoms with Gasteiger partial charge in [-0.1, -0.05) is 48.2 Å². The molecule has 0 atom stereocenters. The highest BCUT2D eigenvalue weighted by molar-refractivity contribution is 7.99. The number of hydrogen-bond donors (Lipinski definition) is 1. The van der Waals surface area contributed by atoms with Crippen molar-refractivity contribution in [2.24, 2.45) is 0 Å². The molecule has 8 heteroatoms. The van der Waals surface area contributed by atoms with Gasteiger partial charge in [0.15, 0.2) is 5.16 Å². The minimum atomic E-state index is -0.418. The van der Waals surface area contributed by atoms with E-state index in [1.165, 1.54) is 41.3 Å². The van der Waals surface area contributed by atoms with Crippen LogP contribution >= 0.6 is 23.1 Å².